The van der Waals surface area contributed by atoms with Gasteiger partial charge in [0.2, 0.25) is 0 Å². The van der Waals surface area contributed by atoms with Crippen molar-refractivity contribution >= 4 is 54.8 Å². The zero-order valence-corrected chi connectivity index (χ0v) is 20.1. The summed E-state index contributed by atoms with van der Waals surface area (Å²) in [6.07, 6.45) is 5.16. The van der Waals surface area contributed by atoms with Crippen LogP contribution >= 0.6 is 22.6 Å². The number of anilines is 1. The molecule has 2 fully saturated rings. The number of rotatable bonds is 5. The molecule has 0 amide bonds. The molecule has 1 N–H and O–H groups in total. The molecule has 9 heteroatoms. The summed E-state index contributed by atoms with van der Waals surface area (Å²) in [6, 6.07) is 4.33. The molecule has 5 heterocycles. The minimum absolute atomic E-state index is 0.0710. The summed E-state index contributed by atoms with van der Waals surface area (Å²) in [5.74, 6) is 1.60. The van der Waals surface area contributed by atoms with E-state index in [1.807, 2.05) is 6.20 Å². The number of imidazole rings is 2. The van der Waals surface area contributed by atoms with Gasteiger partial charge >= 0.3 is 9.57 Å². The summed E-state index contributed by atoms with van der Waals surface area (Å²) < 4.78 is 21.0. The van der Waals surface area contributed by atoms with Crippen LogP contribution < -0.4 is 9.88 Å². The highest BCUT2D eigenvalue weighted by molar-refractivity contribution is 14.1. The average molecular weight is 523 g/mol. The summed E-state index contributed by atoms with van der Waals surface area (Å²) in [5.41, 5.74) is 3.10. The van der Waals surface area contributed by atoms with Gasteiger partial charge < -0.3 is 19.1 Å². The van der Waals surface area contributed by atoms with Crippen molar-refractivity contribution in [2.45, 2.75) is 45.3 Å². The molecule has 0 unspecified atom stereocenters. The lowest BCUT2D eigenvalue weighted by atomic mass is 9.72. The zero-order valence-electron chi connectivity index (χ0n) is 16.8. The third kappa shape index (κ3) is 3.16. The summed E-state index contributed by atoms with van der Waals surface area (Å²) in [6.45, 7) is 7.07. The number of nitrogens with zero attached hydrogens (tertiary/aromatic N) is 4. The van der Waals surface area contributed by atoms with Gasteiger partial charge in [0.05, 0.1) is 28.5 Å². The van der Waals surface area contributed by atoms with Crippen LogP contribution in [0, 0.1) is 14.9 Å². The Morgan fingerprint density at radius 2 is 2.17 bits per heavy atom. The third-order valence-electron chi connectivity index (χ3n) is 6.66. The van der Waals surface area contributed by atoms with E-state index in [1.54, 1.807) is 0 Å². The number of aromatic nitrogens is 3. The number of nitrogens with one attached hydrogen (secondary N) is 1. The predicted octanol–water partition coefficient (Wildman–Crippen LogP) is 2.61. The van der Waals surface area contributed by atoms with Crippen LogP contribution in [-0.2, 0) is 9.20 Å². The van der Waals surface area contributed by atoms with Crippen molar-refractivity contribution in [2.75, 3.05) is 24.6 Å². The maximum Gasteiger partial charge on any atom is 0.376 e. The normalized spacial score (nSPS) is 24.3. The van der Waals surface area contributed by atoms with E-state index in [-0.39, 0.29) is 17.6 Å². The second-order valence-corrected chi connectivity index (χ2v) is 10.6. The fourth-order valence-corrected chi connectivity index (χ4v) is 6.47. The van der Waals surface area contributed by atoms with E-state index in [2.05, 4.69) is 67.8 Å². The first kappa shape index (κ1) is 19.6. The second kappa shape index (κ2) is 7.42. The second-order valence-electron chi connectivity index (χ2n) is 8.87. The van der Waals surface area contributed by atoms with Crippen molar-refractivity contribution in [1.29, 1.82) is 0 Å². The number of hydrogen-bond donors (Lipinski definition) is 1. The molecule has 0 aromatic carbocycles. The molecule has 0 radical (unpaired) electrons. The lowest BCUT2D eigenvalue weighted by Gasteiger charge is -2.42. The Bertz CT molecular complexity index is 1030. The Hall–Kier alpha value is -1.33. The first-order valence-corrected chi connectivity index (χ1v) is 12.5. The third-order valence-corrected chi connectivity index (χ3v) is 8.00. The molecule has 0 saturated carbocycles. The average Bonchev–Trinajstić information content (AvgIpc) is 3.38. The van der Waals surface area contributed by atoms with Gasteiger partial charge in [-0.25, -0.2) is 9.97 Å². The fraction of sp³-hybridized carbons (Fsp3) is 0.600. The number of piperidine rings is 1. The molecule has 3 aromatic rings. The van der Waals surface area contributed by atoms with Gasteiger partial charge in [0, 0.05) is 18.5 Å². The van der Waals surface area contributed by atoms with Crippen molar-refractivity contribution in [2.24, 2.45) is 11.3 Å². The predicted molar refractivity (Wildman–Crippen MR) is 122 cm³/mol. The minimum Gasteiger partial charge on any atom is -0.386 e. The van der Waals surface area contributed by atoms with Crippen LogP contribution in [0.5, 0.6) is 0 Å². The standard InChI is InChI=1S/C20H26IN5O2Si/c1-12(2)9-15-17(24-29-27)20(11-28-15)5-7-25(8-6-20)19-14-10-22-18-13(21)3-4-16(23-19)26(14)18/h3-4,10,12,15,17,24,29H,5-9,11H2,1-2H3/t15-,17+/m0/s1. The number of halogens is 1. The Kier molecular flexibility index (Phi) is 5.02. The van der Waals surface area contributed by atoms with Crippen molar-refractivity contribution in [3.05, 3.63) is 21.9 Å². The molecule has 2 aliphatic rings. The summed E-state index contributed by atoms with van der Waals surface area (Å²) in [7, 11) is -0.979. The molecule has 0 aliphatic carbocycles. The van der Waals surface area contributed by atoms with Gasteiger partial charge in [-0.3, -0.25) is 4.40 Å². The molecular formula is C20H26IN5O2Si. The first-order valence-electron chi connectivity index (χ1n) is 10.3. The molecule has 2 atom stereocenters. The van der Waals surface area contributed by atoms with Gasteiger partial charge in [-0.15, -0.1) is 0 Å². The first-order chi connectivity index (χ1) is 14.0. The van der Waals surface area contributed by atoms with Crippen LogP contribution in [0.25, 0.3) is 16.8 Å². The molecule has 2 saturated heterocycles. The summed E-state index contributed by atoms with van der Waals surface area (Å²) in [5, 5.41) is 0. The Morgan fingerprint density at radius 3 is 2.90 bits per heavy atom. The van der Waals surface area contributed by atoms with Crippen LogP contribution in [0.4, 0.5) is 5.82 Å². The number of hydrogen-bond acceptors (Lipinski definition) is 5. The van der Waals surface area contributed by atoms with Gasteiger partial charge in [-0.2, -0.15) is 0 Å². The summed E-state index contributed by atoms with van der Waals surface area (Å²) in [4.78, 5) is 15.2. The van der Waals surface area contributed by atoms with Crippen LogP contribution in [0.3, 0.4) is 0 Å². The van der Waals surface area contributed by atoms with E-state index in [9.17, 15) is 4.46 Å². The molecule has 0 bridgehead atoms. The van der Waals surface area contributed by atoms with Crippen molar-refractivity contribution in [1.82, 2.24) is 19.4 Å². The number of ether oxygens (including phenoxy) is 1. The summed E-state index contributed by atoms with van der Waals surface area (Å²) >= 11 is 2.33. The van der Waals surface area contributed by atoms with Gasteiger partial charge in [0.25, 0.3) is 0 Å². The minimum atomic E-state index is -0.979. The molecular weight excluding hydrogens is 497 g/mol. The van der Waals surface area contributed by atoms with Crippen LogP contribution in [-0.4, -0.2) is 55.8 Å². The Balaban J connectivity index is 1.39. The maximum atomic E-state index is 11.5. The molecule has 154 valence electrons. The van der Waals surface area contributed by atoms with E-state index in [4.69, 9.17) is 9.72 Å². The molecule has 3 aromatic heterocycles. The van der Waals surface area contributed by atoms with Gasteiger partial charge in [0.1, 0.15) is 11.2 Å². The Labute approximate surface area is 186 Å². The Morgan fingerprint density at radius 1 is 1.38 bits per heavy atom. The quantitative estimate of drug-likeness (QED) is 0.410. The van der Waals surface area contributed by atoms with E-state index < -0.39 is 9.57 Å². The fourth-order valence-electron chi connectivity index (χ4n) is 5.19. The highest BCUT2D eigenvalue weighted by atomic mass is 127. The van der Waals surface area contributed by atoms with Crippen LogP contribution in [0.1, 0.15) is 33.1 Å². The van der Waals surface area contributed by atoms with Crippen molar-refractivity contribution in [3.8, 4) is 0 Å². The molecule has 29 heavy (non-hydrogen) atoms. The number of pyridine rings is 1. The van der Waals surface area contributed by atoms with E-state index in [0.717, 1.165) is 65.2 Å². The van der Waals surface area contributed by atoms with Gasteiger partial charge in [-0.1, -0.05) is 13.8 Å². The topological polar surface area (TPSA) is 71.8 Å². The van der Waals surface area contributed by atoms with Crippen LogP contribution in [0.2, 0.25) is 0 Å². The highest BCUT2D eigenvalue weighted by Gasteiger charge is 2.50. The van der Waals surface area contributed by atoms with E-state index in [1.165, 1.54) is 0 Å². The molecule has 5 rings (SSSR count). The molecule has 1 spiro atoms. The smallest absolute Gasteiger partial charge is 0.376 e. The largest absolute Gasteiger partial charge is 0.386 e. The lowest BCUT2D eigenvalue weighted by molar-refractivity contribution is 0.0750. The SMILES string of the molecule is CC(C)C[C@@H]1OCC2(CCN(c3nc4ccc(I)c5ncc3n45)CC2)[C@@H]1N[SiH]=O. The van der Waals surface area contributed by atoms with Crippen molar-refractivity contribution in [3.63, 3.8) is 0 Å². The molecule has 2 aliphatic heterocycles. The van der Waals surface area contributed by atoms with E-state index in [0.29, 0.717) is 5.92 Å². The van der Waals surface area contributed by atoms with Gasteiger partial charge in [0.15, 0.2) is 11.5 Å². The zero-order chi connectivity index (χ0) is 20.2. The molecule has 7 nitrogen and oxygen atoms in total. The van der Waals surface area contributed by atoms with Gasteiger partial charge in [-0.05, 0) is 59.9 Å². The van der Waals surface area contributed by atoms with E-state index >= 15 is 0 Å². The van der Waals surface area contributed by atoms with Crippen molar-refractivity contribution < 1.29 is 9.20 Å². The van der Waals surface area contributed by atoms with Crippen LogP contribution in [0.15, 0.2) is 18.3 Å². The maximum absolute atomic E-state index is 11.5. The lowest BCUT2D eigenvalue weighted by Crippen LogP contribution is -2.53. The highest BCUT2D eigenvalue weighted by Crippen LogP contribution is 2.44. The monoisotopic (exact) mass is 523 g/mol.